The van der Waals surface area contributed by atoms with Crippen molar-refractivity contribution >= 4 is 11.0 Å². The smallest absolute Gasteiger partial charge is 0.125 e. The Labute approximate surface area is 81.2 Å². The minimum absolute atomic E-state index is 0.214. The Bertz CT molecular complexity index is 497. The van der Waals surface area contributed by atoms with Gasteiger partial charge in [-0.25, -0.2) is 9.37 Å². The van der Waals surface area contributed by atoms with Crippen LogP contribution < -0.4 is 0 Å². The lowest BCUT2D eigenvalue weighted by molar-refractivity contribution is 0.629. The van der Waals surface area contributed by atoms with E-state index in [9.17, 15) is 4.39 Å². The van der Waals surface area contributed by atoms with Gasteiger partial charge in [-0.2, -0.15) is 0 Å². The zero-order valence-electron chi connectivity index (χ0n) is 7.97. The number of aromatic nitrogens is 2. The second-order valence-corrected chi connectivity index (χ2v) is 4.31. The summed E-state index contributed by atoms with van der Waals surface area (Å²) < 4.78 is 12.9. The van der Waals surface area contributed by atoms with E-state index in [1.807, 2.05) is 0 Å². The van der Waals surface area contributed by atoms with Gasteiger partial charge in [-0.1, -0.05) is 6.92 Å². The van der Waals surface area contributed by atoms with Gasteiger partial charge in [0.05, 0.1) is 11.0 Å². The number of H-pyrrole nitrogens is 1. The zero-order valence-corrected chi connectivity index (χ0v) is 7.97. The Balaban J connectivity index is 2.20. The summed E-state index contributed by atoms with van der Waals surface area (Å²) >= 11 is 0. The maximum atomic E-state index is 12.9. The summed E-state index contributed by atoms with van der Waals surface area (Å²) in [6.45, 7) is 2.18. The number of hydrogen-bond donors (Lipinski definition) is 1. The van der Waals surface area contributed by atoms with E-state index in [0.29, 0.717) is 0 Å². The van der Waals surface area contributed by atoms with Crippen LogP contribution in [0, 0.1) is 5.82 Å². The number of benzene rings is 1. The fraction of sp³-hybridized carbons (Fsp3) is 0.364. The van der Waals surface area contributed by atoms with E-state index in [1.165, 1.54) is 25.0 Å². The molecule has 1 aromatic carbocycles. The fourth-order valence-corrected chi connectivity index (χ4v) is 1.69. The first-order chi connectivity index (χ1) is 6.67. The molecule has 1 saturated carbocycles. The molecule has 2 aromatic rings. The van der Waals surface area contributed by atoms with Crippen molar-refractivity contribution in [1.82, 2.24) is 9.97 Å². The van der Waals surface area contributed by atoms with Crippen LogP contribution in [0.15, 0.2) is 18.2 Å². The summed E-state index contributed by atoms with van der Waals surface area (Å²) in [5.41, 5.74) is 1.87. The predicted molar refractivity (Wildman–Crippen MR) is 52.6 cm³/mol. The minimum atomic E-state index is -0.214. The Morgan fingerprint density at radius 1 is 1.43 bits per heavy atom. The van der Waals surface area contributed by atoms with Crippen LogP contribution in [0.2, 0.25) is 0 Å². The number of nitrogens with one attached hydrogen (secondary N) is 1. The molecule has 1 aliphatic rings. The molecular weight excluding hydrogens is 179 g/mol. The quantitative estimate of drug-likeness (QED) is 0.735. The van der Waals surface area contributed by atoms with Crippen molar-refractivity contribution in [1.29, 1.82) is 0 Å². The van der Waals surface area contributed by atoms with Crippen LogP contribution in [0.4, 0.5) is 4.39 Å². The van der Waals surface area contributed by atoms with Crippen LogP contribution in [-0.2, 0) is 5.41 Å². The fourth-order valence-electron chi connectivity index (χ4n) is 1.69. The SMILES string of the molecule is CC1(c2nc3ccc(F)cc3[nH]2)CC1. The lowest BCUT2D eigenvalue weighted by Crippen LogP contribution is -2.01. The Kier molecular flexibility index (Phi) is 1.34. The number of imidazole rings is 1. The highest BCUT2D eigenvalue weighted by Gasteiger charge is 2.41. The summed E-state index contributed by atoms with van der Waals surface area (Å²) in [6.07, 6.45) is 2.35. The maximum Gasteiger partial charge on any atom is 0.125 e. The van der Waals surface area contributed by atoms with E-state index in [2.05, 4.69) is 16.9 Å². The molecule has 0 saturated heterocycles. The maximum absolute atomic E-state index is 12.9. The van der Waals surface area contributed by atoms with E-state index in [0.717, 1.165) is 16.9 Å². The Morgan fingerprint density at radius 3 is 2.93 bits per heavy atom. The van der Waals surface area contributed by atoms with E-state index in [-0.39, 0.29) is 11.2 Å². The topological polar surface area (TPSA) is 28.7 Å². The van der Waals surface area contributed by atoms with Gasteiger partial charge >= 0.3 is 0 Å². The predicted octanol–water partition coefficient (Wildman–Crippen LogP) is 2.75. The normalized spacial score (nSPS) is 18.7. The van der Waals surface area contributed by atoms with Crippen molar-refractivity contribution < 1.29 is 4.39 Å². The van der Waals surface area contributed by atoms with E-state index < -0.39 is 0 Å². The molecule has 0 bridgehead atoms. The average Bonchev–Trinajstić information content (AvgIpc) is 2.77. The number of aromatic amines is 1. The summed E-state index contributed by atoms with van der Waals surface area (Å²) in [7, 11) is 0. The molecule has 1 heterocycles. The van der Waals surface area contributed by atoms with E-state index in [4.69, 9.17) is 0 Å². The highest BCUT2D eigenvalue weighted by molar-refractivity contribution is 5.75. The lowest BCUT2D eigenvalue weighted by atomic mass is 10.1. The molecule has 0 spiro atoms. The average molecular weight is 190 g/mol. The highest BCUT2D eigenvalue weighted by atomic mass is 19.1. The van der Waals surface area contributed by atoms with Crippen molar-refractivity contribution in [3.05, 3.63) is 29.8 Å². The second kappa shape index (κ2) is 2.35. The van der Waals surface area contributed by atoms with Crippen LogP contribution >= 0.6 is 0 Å². The van der Waals surface area contributed by atoms with E-state index >= 15 is 0 Å². The molecule has 0 unspecified atom stereocenters. The van der Waals surface area contributed by atoms with Gasteiger partial charge in [0.2, 0.25) is 0 Å². The second-order valence-electron chi connectivity index (χ2n) is 4.31. The van der Waals surface area contributed by atoms with Gasteiger partial charge in [0.1, 0.15) is 11.6 Å². The van der Waals surface area contributed by atoms with Crippen molar-refractivity contribution in [2.45, 2.75) is 25.2 Å². The first-order valence-corrected chi connectivity index (χ1v) is 4.83. The van der Waals surface area contributed by atoms with Gasteiger partial charge in [-0.3, -0.25) is 0 Å². The molecule has 1 fully saturated rings. The summed E-state index contributed by atoms with van der Waals surface area (Å²) in [4.78, 5) is 7.65. The first-order valence-electron chi connectivity index (χ1n) is 4.83. The molecule has 3 rings (SSSR count). The van der Waals surface area contributed by atoms with Crippen LogP contribution in [0.25, 0.3) is 11.0 Å². The van der Waals surface area contributed by atoms with Gasteiger partial charge in [-0.15, -0.1) is 0 Å². The summed E-state index contributed by atoms with van der Waals surface area (Å²) in [6, 6.07) is 4.66. The molecule has 1 aromatic heterocycles. The van der Waals surface area contributed by atoms with Gasteiger partial charge in [0.15, 0.2) is 0 Å². The molecule has 0 radical (unpaired) electrons. The molecule has 1 N–H and O–H groups in total. The number of nitrogens with zero attached hydrogens (tertiary/aromatic N) is 1. The van der Waals surface area contributed by atoms with Gasteiger partial charge < -0.3 is 4.98 Å². The molecule has 14 heavy (non-hydrogen) atoms. The Morgan fingerprint density at radius 2 is 2.21 bits per heavy atom. The summed E-state index contributed by atoms with van der Waals surface area (Å²) in [5.74, 6) is 0.784. The number of halogens is 1. The molecule has 0 amide bonds. The molecule has 0 aliphatic heterocycles. The van der Waals surface area contributed by atoms with Crippen LogP contribution in [0.1, 0.15) is 25.6 Å². The van der Waals surface area contributed by atoms with Crippen molar-refractivity contribution in [2.75, 3.05) is 0 Å². The molecule has 1 aliphatic carbocycles. The molecule has 0 atom stereocenters. The third-order valence-corrected chi connectivity index (χ3v) is 3.02. The molecule has 3 heteroatoms. The lowest BCUT2D eigenvalue weighted by Gasteiger charge is -2.00. The number of hydrogen-bond acceptors (Lipinski definition) is 1. The monoisotopic (exact) mass is 190 g/mol. The molecule has 72 valence electrons. The summed E-state index contributed by atoms with van der Waals surface area (Å²) in [5, 5.41) is 0. The number of fused-ring (bicyclic) bond motifs is 1. The van der Waals surface area contributed by atoms with Crippen LogP contribution in [-0.4, -0.2) is 9.97 Å². The third-order valence-electron chi connectivity index (χ3n) is 3.02. The van der Waals surface area contributed by atoms with Crippen LogP contribution in [0.5, 0.6) is 0 Å². The zero-order chi connectivity index (χ0) is 9.76. The highest BCUT2D eigenvalue weighted by Crippen LogP contribution is 2.46. The van der Waals surface area contributed by atoms with Crippen molar-refractivity contribution in [3.8, 4) is 0 Å². The standard InChI is InChI=1S/C11H11FN2/c1-11(4-5-11)10-13-8-3-2-7(12)6-9(8)14-10/h2-3,6H,4-5H2,1H3,(H,13,14). The van der Waals surface area contributed by atoms with Crippen LogP contribution in [0.3, 0.4) is 0 Å². The van der Waals surface area contributed by atoms with Gasteiger partial charge in [0, 0.05) is 5.41 Å². The largest absolute Gasteiger partial charge is 0.341 e. The Hall–Kier alpha value is -1.38. The molecule has 2 nitrogen and oxygen atoms in total. The van der Waals surface area contributed by atoms with E-state index in [1.54, 1.807) is 6.07 Å². The number of rotatable bonds is 1. The first kappa shape index (κ1) is 7.97. The van der Waals surface area contributed by atoms with Gasteiger partial charge in [0.25, 0.3) is 0 Å². The van der Waals surface area contributed by atoms with Crippen molar-refractivity contribution in [2.24, 2.45) is 0 Å². The third kappa shape index (κ3) is 1.05. The van der Waals surface area contributed by atoms with Crippen molar-refractivity contribution in [3.63, 3.8) is 0 Å². The van der Waals surface area contributed by atoms with Gasteiger partial charge in [-0.05, 0) is 31.0 Å². The molecular formula is C11H11FN2. The minimum Gasteiger partial charge on any atom is -0.341 e.